The molecule has 0 radical (unpaired) electrons. The molecule has 1 heterocycles. The third kappa shape index (κ3) is 4.85. The van der Waals surface area contributed by atoms with Crippen molar-refractivity contribution >= 4 is 29.1 Å². The lowest BCUT2D eigenvalue weighted by molar-refractivity contribution is -0.118. The van der Waals surface area contributed by atoms with Gasteiger partial charge in [0.25, 0.3) is 0 Å². The predicted molar refractivity (Wildman–Crippen MR) is 96.6 cm³/mol. The first-order valence-corrected chi connectivity index (χ1v) is 8.91. The van der Waals surface area contributed by atoms with E-state index in [9.17, 15) is 4.79 Å². The Balaban J connectivity index is 2.10. The van der Waals surface area contributed by atoms with Gasteiger partial charge in [-0.2, -0.15) is 0 Å². The quantitative estimate of drug-likeness (QED) is 0.493. The predicted octanol–water partition coefficient (Wildman–Crippen LogP) is 4.16. The van der Waals surface area contributed by atoms with Gasteiger partial charge in [0.05, 0.1) is 5.25 Å². The number of nitrogens with zero attached hydrogens (tertiary/aromatic N) is 3. The first-order chi connectivity index (χ1) is 11.5. The number of carbonyl (C=O) groups excluding carboxylic acids is 1. The zero-order valence-corrected chi connectivity index (χ0v) is 15.3. The van der Waals surface area contributed by atoms with Crippen molar-refractivity contribution < 1.29 is 9.53 Å². The number of Topliss-reactive ketones (excluding diaryl/α,β-unsaturated/α-hetero) is 1. The van der Waals surface area contributed by atoms with Gasteiger partial charge in [-0.1, -0.05) is 36.4 Å². The van der Waals surface area contributed by atoms with E-state index in [1.54, 1.807) is 30.3 Å². The largest absolute Gasteiger partial charge is 0.486 e. The minimum atomic E-state index is -0.159. The van der Waals surface area contributed by atoms with Crippen LogP contribution >= 0.6 is 23.4 Å². The van der Waals surface area contributed by atoms with Crippen LogP contribution in [-0.2, 0) is 17.9 Å². The second-order valence-electron chi connectivity index (χ2n) is 5.12. The molecule has 0 saturated heterocycles. The van der Waals surface area contributed by atoms with Crippen molar-refractivity contribution in [1.29, 1.82) is 0 Å². The van der Waals surface area contributed by atoms with Crippen LogP contribution in [-0.4, -0.2) is 25.8 Å². The Bertz CT molecular complexity index is 700. The van der Waals surface area contributed by atoms with Crippen molar-refractivity contribution in [2.24, 2.45) is 0 Å². The fraction of sp³-hybridized carbons (Fsp3) is 0.353. The molecular weight excluding hydrogens is 346 g/mol. The third-order valence-electron chi connectivity index (χ3n) is 3.37. The van der Waals surface area contributed by atoms with Crippen LogP contribution in [0.1, 0.15) is 26.1 Å². The minimum Gasteiger partial charge on any atom is -0.486 e. The van der Waals surface area contributed by atoms with Crippen molar-refractivity contribution in [2.45, 2.75) is 43.8 Å². The number of allylic oxidation sites excluding steroid dienone is 1. The standard InChI is InChI=1S/C17H20ClN3O2S/c1-4-10-21-16(11-23-14-8-6-13(18)7-9-14)19-20-17(21)24-12(3)15(22)5-2/h4,6-9,12H,1,5,10-11H2,2-3H3. The van der Waals surface area contributed by atoms with E-state index < -0.39 is 0 Å². The Hall–Kier alpha value is -1.79. The van der Waals surface area contributed by atoms with E-state index in [2.05, 4.69) is 16.8 Å². The smallest absolute Gasteiger partial charge is 0.192 e. The van der Waals surface area contributed by atoms with Crippen LogP contribution in [0.2, 0.25) is 5.02 Å². The molecule has 0 aliphatic heterocycles. The molecule has 0 saturated carbocycles. The Labute approximate surface area is 151 Å². The lowest BCUT2D eigenvalue weighted by Gasteiger charge is -2.11. The van der Waals surface area contributed by atoms with Crippen LogP contribution < -0.4 is 4.74 Å². The van der Waals surface area contributed by atoms with Gasteiger partial charge in [0, 0.05) is 18.0 Å². The van der Waals surface area contributed by atoms with E-state index in [1.807, 2.05) is 18.4 Å². The van der Waals surface area contributed by atoms with E-state index in [0.717, 1.165) is 0 Å². The zero-order chi connectivity index (χ0) is 17.5. The number of hydrogen-bond acceptors (Lipinski definition) is 5. The number of halogens is 1. The highest BCUT2D eigenvalue weighted by Gasteiger charge is 2.18. The molecule has 2 aromatic rings. The molecule has 1 unspecified atom stereocenters. The van der Waals surface area contributed by atoms with Crippen LogP contribution in [0.25, 0.3) is 0 Å². The SMILES string of the molecule is C=CCn1c(COc2ccc(Cl)cc2)nnc1SC(C)C(=O)CC. The fourth-order valence-corrected chi connectivity index (χ4v) is 3.15. The lowest BCUT2D eigenvalue weighted by Crippen LogP contribution is -2.14. The van der Waals surface area contributed by atoms with Crippen molar-refractivity contribution in [3.63, 3.8) is 0 Å². The van der Waals surface area contributed by atoms with Gasteiger partial charge in [-0.05, 0) is 31.2 Å². The van der Waals surface area contributed by atoms with E-state index in [0.29, 0.717) is 34.7 Å². The van der Waals surface area contributed by atoms with Crippen molar-refractivity contribution in [3.8, 4) is 5.75 Å². The molecule has 0 aliphatic rings. The summed E-state index contributed by atoms with van der Waals surface area (Å²) in [6, 6.07) is 7.14. The Kier molecular flexibility index (Phi) is 6.87. The molecular formula is C17H20ClN3O2S. The van der Waals surface area contributed by atoms with Crippen molar-refractivity contribution in [3.05, 3.63) is 47.8 Å². The third-order valence-corrected chi connectivity index (χ3v) is 4.75. The molecule has 1 atom stereocenters. The summed E-state index contributed by atoms with van der Waals surface area (Å²) in [6.07, 6.45) is 2.28. The van der Waals surface area contributed by atoms with E-state index in [4.69, 9.17) is 16.3 Å². The number of aromatic nitrogens is 3. The topological polar surface area (TPSA) is 57.0 Å². The highest BCUT2D eigenvalue weighted by molar-refractivity contribution is 8.00. The summed E-state index contributed by atoms with van der Waals surface area (Å²) in [5, 5.41) is 9.57. The average Bonchev–Trinajstić information content (AvgIpc) is 2.96. The monoisotopic (exact) mass is 365 g/mol. The summed E-state index contributed by atoms with van der Waals surface area (Å²) in [4.78, 5) is 11.8. The maximum atomic E-state index is 11.8. The molecule has 1 aromatic heterocycles. The van der Waals surface area contributed by atoms with Gasteiger partial charge >= 0.3 is 0 Å². The number of benzene rings is 1. The van der Waals surface area contributed by atoms with Gasteiger partial charge in [-0.3, -0.25) is 9.36 Å². The van der Waals surface area contributed by atoms with E-state index in [1.165, 1.54) is 11.8 Å². The molecule has 5 nitrogen and oxygen atoms in total. The molecule has 0 aliphatic carbocycles. The minimum absolute atomic E-state index is 0.159. The molecule has 0 amide bonds. The maximum absolute atomic E-state index is 11.8. The van der Waals surface area contributed by atoms with Gasteiger partial charge in [-0.15, -0.1) is 16.8 Å². The number of carbonyl (C=O) groups is 1. The summed E-state index contributed by atoms with van der Waals surface area (Å²) in [6.45, 7) is 8.34. The number of hydrogen-bond donors (Lipinski definition) is 0. The molecule has 24 heavy (non-hydrogen) atoms. The molecule has 7 heteroatoms. The number of ether oxygens (including phenoxy) is 1. The molecule has 0 N–H and O–H groups in total. The van der Waals surface area contributed by atoms with Crippen molar-refractivity contribution in [1.82, 2.24) is 14.8 Å². The molecule has 0 bridgehead atoms. The van der Waals surface area contributed by atoms with Crippen LogP contribution in [0, 0.1) is 0 Å². The Morgan fingerprint density at radius 1 is 1.42 bits per heavy atom. The molecule has 0 spiro atoms. The van der Waals surface area contributed by atoms with Crippen LogP contribution in [0.3, 0.4) is 0 Å². The van der Waals surface area contributed by atoms with Crippen LogP contribution in [0.5, 0.6) is 5.75 Å². The summed E-state index contributed by atoms with van der Waals surface area (Å²) in [7, 11) is 0. The van der Waals surface area contributed by atoms with Gasteiger partial charge in [0.1, 0.15) is 18.1 Å². The van der Waals surface area contributed by atoms with Crippen LogP contribution in [0.15, 0.2) is 42.1 Å². The highest BCUT2D eigenvalue weighted by atomic mass is 35.5. The van der Waals surface area contributed by atoms with Gasteiger partial charge in [-0.25, -0.2) is 0 Å². The summed E-state index contributed by atoms with van der Waals surface area (Å²) >= 11 is 7.27. The first-order valence-electron chi connectivity index (χ1n) is 7.65. The maximum Gasteiger partial charge on any atom is 0.192 e. The normalized spacial score (nSPS) is 12.0. The fourth-order valence-electron chi connectivity index (χ4n) is 2.02. The first kappa shape index (κ1) is 18.5. The Morgan fingerprint density at radius 2 is 2.12 bits per heavy atom. The molecule has 1 aromatic carbocycles. The highest BCUT2D eigenvalue weighted by Crippen LogP contribution is 2.24. The summed E-state index contributed by atoms with van der Waals surface area (Å²) in [5.74, 6) is 1.58. The second-order valence-corrected chi connectivity index (χ2v) is 6.87. The number of thioether (sulfide) groups is 1. The number of ketones is 1. The van der Waals surface area contributed by atoms with E-state index >= 15 is 0 Å². The Morgan fingerprint density at radius 3 is 2.75 bits per heavy atom. The van der Waals surface area contributed by atoms with Crippen molar-refractivity contribution in [2.75, 3.05) is 0 Å². The average molecular weight is 366 g/mol. The van der Waals surface area contributed by atoms with E-state index in [-0.39, 0.29) is 17.6 Å². The van der Waals surface area contributed by atoms with Gasteiger partial charge in [0.15, 0.2) is 11.0 Å². The summed E-state index contributed by atoms with van der Waals surface area (Å²) < 4.78 is 7.64. The van der Waals surface area contributed by atoms with Gasteiger partial charge < -0.3 is 4.74 Å². The molecule has 0 fully saturated rings. The second kappa shape index (κ2) is 8.89. The molecule has 128 valence electrons. The van der Waals surface area contributed by atoms with Gasteiger partial charge in [0.2, 0.25) is 0 Å². The zero-order valence-electron chi connectivity index (χ0n) is 13.7. The molecule has 2 rings (SSSR count). The number of rotatable bonds is 9. The lowest BCUT2D eigenvalue weighted by atomic mass is 10.2. The summed E-state index contributed by atoms with van der Waals surface area (Å²) in [5.41, 5.74) is 0. The van der Waals surface area contributed by atoms with Crippen LogP contribution in [0.4, 0.5) is 0 Å².